The molecule has 0 atom stereocenters. The Kier molecular flexibility index (Phi) is 3.80. The van der Waals surface area contributed by atoms with Gasteiger partial charge in [0.1, 0.15) is 5.82 Å². The molecule has 0 aliphatic rings. The zero-order chi connectivity index (χ0) is 13.8. The fraction of sp³-hybridized carbons (Fsp3) is 0.133. The molecule has 3 nitrogen and oxygen atoms in total. The van der Waals surface area contributed by atoms with Crippen LogP contribution in [0.4, 0.5) is 15.8 Å². The number of aryl methyl sites for hydroxylation is 1. The van der Waals surface area contributed by atoms with E-state index in [1.165, 1.54) is 12.1 Å². The Bertz CT molecular complexity index is 611. The van der Waals surface area contributed by atoms with Gasteiger partial charge in [-0.2, -0.15) is 0 Å². The Hall–Kier alpha value is -2.36. The standard InChI is InChI=1S/C15H15FN2O/c1-10-6-7-11(8-14(10)17-2)15(19)18-13-5-3-4-12(16)9-13/h3-9,17H,1-2H3,(H,18,19). The predicted molar refractivity (Wildman–Crippen MR) is 75.1 cm³/mol. The highest BCUT2D eigenvalue weighted by atomic mass is 19.1. The van der Waals surface area contributed by atoms with Crippen molar-refractivity contribution in [3.05, 3.63) is 59.4 Å². The second-order valence-corrected chi connectivity index (χ2v) is 4.24. The van der Waals surface area contributed by atoms with Gasteiger partial charge in [0.15, 0.2) is 0 Å². The molecule has 98 valence electrons. The number of halogens is 1. The molecule has 0 saturated heterocycles. The zero-order valence-electron chi connectivity index (χ0n) is 10.8. The van der Waals surface area contributed by atoms with Crippen LogP contribution in [0.5, 0.6) is 0 Å². The fourth-order valence-corrected chi connectivity index (χ4v) is 1.80. The number of nitrogens with one attached hydrogen (secondary N) is 2. The molecular weight excluding hydrogens is 243 g/mol. The Morgan fingerprint density at radius 3 is 2.63 bits per heavy atom. The van der Waals surface area contributed by atoms with E-state index in [1.807, 2.05) is 13.0 Å². The first-order valence-electron chi connectivity index (χ1n) is 5.95. The lowest BCUT2D eigenvalue weighted by molar-refractivity contribution is 0.102. The zero-order valence-corrected chi connectivity index (χ0v) is 10.8. The van der Waals surface area contributed by atoms with Gasteiger partial charge in [0, 0.05) is 24.0 Å². The molecule has 0 aromatic heterocycles. The van der Waals surface area contributed by atoms with Crippen LogP contribution in [-0.4, -0.2) is 13.0 Å². The Morgan fingerprint density at radius 1 is 1.16 bits per heavy atom. The van der Waals surface area contributed by atoms with Gasteiger partial charge in [-0.05, 0) is 42.8 Å². The van der Waals surface area contributed by atoms with E-state index in [0.29, 0.717) is 11.3 Å². The molecule has 0 heterocycles. The van der Waals surface area contributed by atoms with E-state index in [1.54, 1.807) is 31.3 Å². The van der Waals surface area contributed by atoms with E-state index in [2.05, 4.69) is 10.6 Å². The van der Waals surface area contributed by atoms with Crippen molar-refractivity contribution in [1.29, 1.82) is 0 Å². The van der Waals surface area contributed by atoms with E-state index in [4.69, 9.17) is 0 Å². The normalized spacial score (nSPS) is 10.1. The van der Waals surface area contributed by atoms with Crippen LogP contribution in [0.25, 0.3) is 0 Å². The lowest BCUT2D eigenvalue weighted by Gasteiger charge is -2.09. The highest BCUT2D eigenvalue weighted by molar-refractivity contribution is 6.04. The van der Waals surface area contributed by atoms with Crippen molar-refractivity contribution in [3.8, 4) is 0 Å². The summed E-state index contributed by atoms with van der Waals surface area (Å²) in [6.45, 7) is 1.96. The third-order valence-corrected chi connectivity index (χ3v) is 2.85. The van der Waals surface area contributed by atoms with Gasteiger partial charge in [0.2, 0.25) is 0 Å². The summed E-state index contributed by atoms with van der Waals surface area (Å²) in [6.07, 6.45) is 0. The minimum atomic E-state index is -0.377. The van der Waals surface area contributed by atoms with Crippen LogP contribution in [0, 0.1) is 12.7 Å². The maximum absolute atomic E-state index is 13.0. The smallest absolute Gasteiger partial charge is 0.255 e. The van der Waals surface area contributed by atoms with Crippen molar-refractivity contribution in [2.45, 2.75) is 6.92 Å². The highest BCUT2D eigenvalue weighted by Gasteiger charge is 2.08. The van der Waals surface area contributed by atoms with Gasteiger partial charge in [-0.15, -0.1) is 0 Å². The van der Waals surface area contributed by atoms with E-state index < -0.39 is 0 Å². The molecule has 0 saturated carbocycles. The molecule has 2 aromatic rings. The number of hydrogen-bond acceptors (Lipinski definition) is 2. The molecule has 0 unspecified atom stereocenters. The number of benzene rings is 2. The Morgan fingerprint density at radius 2 is 1.95 bits per heavy atom. The summed E-state index contributed by atoms with van der Waals surface area (Å²) in [4.78, 5) is 12.0. The van der Waals surface area contributed by atoms with Crippen LogP contribution in [0.1, 0.15) is 15.9 Å². The molecule has 0 bridgehead atoms. The number of anilines is 2. The molecule has 0 aliphatic carbocycles. The van der Waals surface area contributed by atoms with E-state index in [0.717, 1.165) is 11.3 Å². The maximum Gasteiger partial charge on any atom is 0.255 e. The molecule has 1 amide bonds. The summed E-state index contributed by atoms with van der Waals surface area (Å²) in [6, 6.07) is 11.2. The molecule has 4 heteroatoms. The van der Waals surface area contributed by atoms with E-state index in [9.17, 15) is 9.18 Å². The van der Waals surface area contributed by atoms with Crippen LogP contribution in [0.3, 0.4) is 0 Å². The molecule has 2 aromatic carbocycles. The van der Waals surface area contributed by atoms with E-state index >= 15 is 0 Å². The first kappa shape index (κ1) is 13.1. The quantitative estimate of drug-likeness (QED) is 0.885. The van der Waals surface area contributed by atoms with Gasteiger partial charge in [-0.3, -0.25) is 4.79 Å². The average Bonchev–Trinajstić information content (AvgIpc) is 2.39. The minimum Gasteiger partial charge on any atom is -0.388 e. The van der Waals surface area contributed by atoms with Crippen molar-refractivity contribution < 1.29 is 9.18 Å². The molecule has 19 heavy (non-hydrogen) atoms. The Labute approximate surface area is 111 Å². The highest BCUT2D eigenvalue weighted by Crippen LogP contribution is 2.17. The van der Waals surface area contributed by atoms with Gasteiger partial charge >= 0.3 is 0 Å². The van der Waals surface area contributed by atoms with Crippen molar-refractivity contribution in [1.82, 2.24) is 0 Å². The lowest BCUT2D eigenvalue weighted by Crippen LogP contribution is -2.12. The molecular formula is C15H15FN2O. The van der Waals surface area contributed by atoms with Crippen LogP contribution in [0.15, 0.2) is 42.5 Å². The lowest BCUT2D eigenvalue weighted by atomic mass is 10.1. The van der Waals surface area contributed by atoms with Crippen molar-refractivity contribution in [2.24, 2.45) is 0 Å². The van der Waals surface area contributed by atoms with Gasteiger partial charge in [-0.1, -0.05) is 12.1 Å². The summed E-state index contributed by atoms with van der Waals surface area (Å²) >= 11 is 0. The van der Waals surface area contributed by atoms with Crippen LogP contribution in [-0.2, 0) is 0 Å². The van der Waals surface area contributed by atoms with Gasteiger partial charge in [0.05, 0.1) is 0 Å². The SMILES string of the molecule is CNc1cc(C(=O)Nc2cccc(F)c2)ccc1C. The van der Waals surface area contributed by atoms with Crippen molar-refractivity contribution in [2.75, 3.05) is 17.7 Å². The molecule has 0 aliphatic heterocycles. The topological polar surface area (TPSA) is 41.1 Å². The summed E-state index contributed by atoms with van der Waals surface area (Å²) in [7, 11) is 1.80. The number of hydrogen-bond donors (Lipinski definition) is 2. The third kappa shape index (κ3) is 3.10. The van der Waals surface area contributed by atoms with Gasteiger partial charge in [-0.25, -0.2) is 4.39 Å². The first-order chi connectivity index (χ1) is 9.10. The molecule has 2 N–H and O–H groups in total. The summed E-state index contributed by atoms with van der Waals surface area (Å²) in [5.41, 5.74) is 2.92. The summed E-state index contributed by atoms with van der Waals surface area (Å²) in [5.74, 6) is -0.639. The number of amides is 1. The minimum absolute atomic E-state index is 0.262. The molecule has 0 radical (unpaired) electrons. The number of rotatable bonds is 3. The summed E-state index contributed by atoms with van der Waals surface area (Å²) < 4.78 is 13.0. The second kappa shape index (κ2) is 5.52. The molecule has 0 spiro atoms. The largest absolute Gasteiger partial charge is 0.388 e. The van der Waals surface area contributed by atoms with Crippen LogP contribution >= 0.6 is 0 Å². The van der Waals surface area contributed by atoms with Crippen molar-refractivity contribution in [3.63, 3.8) is 0 Å². The summed E-state index contributed by atoms with van der Waals surface area (Å²) in [5, 5.41) is 5.69. The molecule has 2 rings (SSSR count). The fourth-order valence-electron chi connectivity index (χ4n) is 1.80. The Balaban J connectivity index is 2.20. The average molecular weight is 258 g/mol. The maximum atomic E-state index is 13.0. The van der Waals surface area contributed by atoms with Crippen LogP contribution in [0.2, 0.25) is 0 Å². The third-order valence-electron chi connectivity index (χ3n) is 2.85. The van der Waals surface area contributed by atoms with E-state index in [-0.39, 0.29) is 11.7 Å². The number of carbonyl (C=O) groups excluding carboxylic acids is 1. The van der Waals surface area contributed by atoms with Gasteiger partial charge < -0.3 is 10.6 Å². The van der Waals surface area contributed by atoms with Crippen molar-refractivity contribution >= 4 is 17.3 Å². The molecule has 0 fully saturated rings. The van der Waals surface area contributed by atoms with Crippen LogP contribution < -0.4 is 10.6 Å². The predicted octanol–water partition coefficient (Wildman–Crippen LogP) is 3.43. The number of carbonyl (C=O) groups is 1. The second-order valence-electron chi connectivity index (χ2n) is 4.24. The van der Waals surface area contributed by atoms with Gasteiger partial charge in [0.25, 0.3) is 5.91 Å². The monoisotopic (exact) mass is 258 g/mol. The first-order valence-corrected chi connectivity index (χ1v) is 5.95.